The molecule has 4 aromatic rings. The molecular formula is C25H24N4O2S. The molecule has 1 heterocycles. The summed E-state index contributed by atoms with van der Waals surface area (Å²) in [6.07, 6.45) is 0.471. The van der Waals surface area contributed by atoms with Gasteiger partial charge in [0, 0.05) is 24.8 Å². The van der Waals surface area contributed by atoms with Crippen molar-refractivity contribution in [1.29, 1.82) is 0 Å². The number of thiazole rings is 1. The van der Waals surface area contributed by atoms with Crippen molar-refractivity contribution in [1.82, 2.24) is 10.3 Å². The molecule has 0 saturated heterocycles. The molecule has 32 heavy (non-hydrogen) atoms. The average molecular weight is 445 g/mol. The monoisotopic (exact) mass is 444 g/mol. The second kappa shape index (κ2) is 9.20. The molecule has 0 spiro atoms. The summed E-state index contributed by atoms with van der Waals surface area (Å²) in [4.78, 5) is 30.0. The van der Waals surface area contributed by atoms with Crippen LogP contribution in [0.15, 0.2) is 78.9 Å². The van der Waals surface area contributed by atoms with Gasteiger partial charge in [0.05, 0.1) is 20.6 Å². The topological polar surface area (TPSA) is 83.1 Å². The first-order valence-electron chi connectivity index (χ1n) is 10.3. The van der Waals surface area contributed by atoms with Crippen molar-refractivity contribution in [3.63, 3.8) is 0 Å². The van der Waals surface area contributed by atoms with Gasteiger partial charge < -0.3 is 16.0 Å². The summed E-state index contributed by atoms with van der Waals surface area (Å²) in [5.41, 5.74) is 2.22. The van der Waals surface area contributed by atoms with E-state index < -0.39 is 5.41 Å². The van der Waals surface area contributed by atoms with Crippen LogP contribution in [0, 0.1) is 0 Å². The molecule has 3 N–H and O–H groups in total. The molecular weight excluding hydrogens is 420 g/mol. The predicted octanol–water partition coefficient (Wildman–Crippen LogP) is 5.19. The van der Waals surface area contributed by atoms with Crippen molar-refractivity contribution in [2.24, 2.45) is 0 Å². The third kappa shape index (κ3) is 4.63. The minimum atomic E-state index is -0.834. The smallest absolute Gasteiger partial charge is 0.318 e. The lowest BCUT2D eigenvalue weighted by Gasteiger charge is -2.28. The van der Waals surface area contributed by atoms with Gasteiger partial charge in [0.1, 0.15) is 0 Å². The zero-order valence-corrected chi connectivity index (χ0v) is 18.7. The Labute approximate surface area is 190 Å². The molecule has 1 atom stereocenters. The van der Waals surface area contributed by atoms with E-state index in [2.05, 4.69) is 16.0 Å². The van der Waals surface area contributed by atoms with Crippen molar-refractivity contribution in [2.45, 2.75) is 18.8 Å². The third-order valence-corrected chi connectivity index (χ3v) is 6.40. The number of urea groups is 1. The van der Waals surface area contributed by atoms with E-state index >= 15 is 0 Å². The molecule has 0 aliphatic carbocycles. The Kier molecular flexibility index (Phi) is 6.18. The number of nitrogens with one attached hydrogen (secondary N) is 3. The summed E-state index contributed by atoms with van der Waals surface area (Å²) in [7, 11) is 1.55. The molecule has 0 bridgehead atoms. The molecule has 0 aliphatic heterocycles. The van der Waals surface area contributed by atoms with Crippen LogP contribution in [0.3, 0.4) is 0 Å². The van der Waals surface area contributed by atoms with E-state index in [-0.39, 0.29) is 11.9 Å². The highest BCUT2D eigenvalue weighted by Crippen LogP contribution is 2.33. The van der Waals surface area contributed by atoms with Crippen LogP contribution < -0.4 is 16.0 Å². The molecule has 162 valence electrons. The zero-order valence-electron chi connectivity index (χ0n) is 17.9. The lowest BCUT2D eigenvalue weighted by atomic mass is 9.78. The number of anilines is 2. The summed E-state index contributed by atoms with van der Waals surface area (Å²) in [5, 5.41) is 9.17. The molecule has 1 aromatic heterocycles. The molecule has 0 saturated carbocycles. The fourth-order valence-electron chi connectivity index (χ4n) is 3.55. The summed E-state index contributed by atoms with van der Waals surface area (Å²) >= 11 is 1.61. The van der Waals surface area contributed by atoms with Crippen molar-refractivity contribution in [3.8, 4) is 0 Å². The van der Waals surface area contributed by atoms with Gasteiger partial charge in [-0.25, -0.2) is 9.78 Å². The largest absolute Gasteiger partial charge is 0.341 e. The molecule has 1 unspecified atom stereocenters. The van der Waals surface area contributed by atoms with Gasteiger partial charge in [0.15, 0.2) is 0 Å². The molecule has 0 fully saturated rings. The number of nitrogens with zero attached hydrogens (tertiary/aromatic N) is 1. The number of hydrogen-bond donors (Lipinski definition) is 3. The maximum Gasteiger partial charge on any atom is 0.318 e. The lowest BCUT2D eigenvalue weighted by molar-refractivity contribution is -0.121. The quantitative estimate of drug-likeness (QED) is 0.383. The van der Waals surface area contributed by atoms with Crippen LogP contribution >= 0.6 is 11.3 Å². The minimum absolute atomic E-state index is 0.139. The molecule has 3 amide bonds. The van der Waals surface area contributed by atoms with Crippen LogP contribution in [0.1, 0.15) is 17.5 Å². The molecule has 7 heteroatoms. The standard InChI is InChI=1S/C25H24N4O2S/c1-25(17-9-4-3-5-10-17,16-22-29-20-13-6-7-14-21(20)32-22)23(30)27-18-11-8-12-19(15-18)28-24(31)26-2/h3-15H,16H2,1-2H3,(H,27,30)(H2,26,28,31). The van der Waals surface area contributed by atoms with E-state index in [1.54, 1.807) is 42.6 Å². The van der Waals surface area contributed by atoms with E-state index in [1.165, 1.54) is 0 Å². The van der Waals surface area contributed by atoms with Crippen LogP contribution in [-0.2, 0) is 16.6 Å². The van der Waals surface area contributed by atoms with E-state index in [4.69, 9.17) is 4.98 Å². The number of carbonyl (C=O) groups is 2. The fraction of sp³-hybridized carbons (Fsp3) is 0.160. The van der Waals surface area contributed by atoms with Gasteiger partial charge in [-0.15, -0.1) is 11.3 Å². The number of fused-ring (bicyclic) bond motifs is 1. The van der Waals surface area contributed by atoms with Crippen molar-refractivity contribution < 1.29 is 9.59 Å². The van der Waals surface area contributed by atoms with Crippen LogP contribution in [0.5, 0.6) is 0 Å². The van der Waals surface area contributed by atoms with Crippen LogP contribution in [0.25, 0.3) is 10.2 Å². The van der Waals surface area contributed by atoms with Crippen molar-refractivity contribution in [3.05, 3.63) is 89.4 Å². The lowest BCUT2D eigenvalue weighted by Crippen LogP contribution is -2.39. The highest BCUT2D eigenvalue weighted by atomic mass is 32.1. The van der Waals surface area contributed by atoms with Gasteiger partial charge in [-0.1, -0.05) is 48.5 Å². The van der Waals surface area contributed by atoms with E-state index in [9.17, 15) is 9.59 Å². The van der Waals surface area contributed by atoms with Gasteiger partial charge >= 0.3 is 6.03 Å². The number of hydrogen-bond acceptors (Lipinski definition) is 4. The second-order valence-electron chi connectivity index (χ2n) is 7.69. The van der Waals surface area contributed by atoms with Crippen LogP contribution in [0.2, 0.25) is 0 Å². The first-order chi connectivity index (χ1) is 15.5. The van der Waals surface area contributed by atoms with Gasteiger partial charge in [-0.2, -0.15) is 0 Å². The van der Waals surface area contributed by atoms with Crippen LogP contribution in [-0.4, -0.2) is 24.0 Å². The van der Waals surface area contributed by atoms with E-state index in [0.29, 0.717) is 17.8 Å². The van der Waals surface area contributed by atoms with E-state index in [1.807, 2.05) is 61.5 Å². The number of benzene rings is 3. The Bertz CT molecular complexity index is 1220. The Morgan fingerprint density at radius 3 is 2.31 bits per heavy atom. The molecule has 6 nitrogen and oxygen atoms in total. The van der Waals surface area contributed by atoms with E-state index in [0.717, 1.165) is 20.8 Å². The van der Waals surface area contributed by atoms with Gasteiger partial charge in [0.25, 0.3) is 0 Å². The molecule has 0 radical (unpaired) electrons. The normalized spacial score (nSPS) is 12.7. The maximum atomic E-state index is 13.6. The number of carbonyl (C=O) groups excluding carboxylic acids is 2. The van der Waals surface area contributed by atoms with Gasteiger partial charge in [0.2, 0.25) is 5.91 Å². The molecule has 3 aromatic carbocycles. The zero-order chi connectivity index (χ0) is 22.6. The van der Waals surface area contributed by atoms with Gasteiger partial charge in [-0.3, -0.25) is 4.79 Å². The SMILES string of the molecule is CNC(=O)Nc1cccc(NC(=O)C(C)(Cc2nc3ccccc3s2)c2ccccc2)c1. The number of rotatable bonds is 6. The number of aromatic nitrogens is 1. The first-order valence-corrected chi connectivity index (χ1v) is 11.1. The Balaban J connectivity index is 1.64. The highest BCUT2D eigenvalue weighted by Gasteiger charge is 2.36. The summed E-state index contributed by atoms with van der Waals surface area (Å²) in [5.74, 6) is -0.139. The Morgan fingerprint density at radius 1 is 0.906 bits per heavy atom. The average Bonchev–Trinajstić information content (AvgIpc) is 3.21. The first kappa shape index (κ1) is 21.5. The Hall–Kier alpha value is -3.71. The number of para-hydroxylation sites is 1. The van der Waals surface area contributed by atoms with Crippen molar-refractivity contribution in [2.75, 3.05) is 17.7 Å². The van der Waals surface area contributed by atoms with Crippen molar-refractivity contribution >= 4 is 44.9 Å². The third-order valence-electron chi connectivity index (χ3n) is 5.36. The molecule has 0 aliphatic rings. The second-order valence-corrected chi connectivity index (χ2v) is 8.80. The minimum Gasteiger partial charge on any atom is -0.341 e. The predicted molar refractivity (Wildman–Crippen MR) is 130 cm³/mol. The molecule has 4 rings (SSSR count). The highest BCUT2D eigenvalue weighted by molar-refractivity contribution is 7.18. The fourth-order valence-corrected chi connectivity index (χ4v) is 4.68. The van der Waals surface area contributed by atoms with Crippen LogP contribution in [0.4, 0.5) is 16.2 Å². The number of amides is 3. The summed E-state index contributed by atoms with van der Waals surface area (Å²) in [6, 6.07) is 24.5. The summed E-state index contributed by atoms with van der Waals surface area (Å²) in [6.45, 7) is 1.94. The summed E-state index contributed by atoms with van der Waals surface area (Å²) < 4.78 is 1.10. The maximum absolute atomic E-state index is 13.6. The van der Waals surface area contributed by atoms with Gasteiger partial charge in [-0.05, 0) is 42.8 Å². The Morgan fingerprint density at radius 2 is 1.59 bits per heavy atom.